The average molecular weight is 582 g/mol. The number of carbonyl (C=O) groups excluding carboxylic acids is 1. The number of hydrogen-bond acceptors (Lipinski definition) is 9. The summed E-state index contributed by atoms with van der Waals surface area (Å²) in [4.78, 5) is 26.6. The van der Waals surface area contributed by atoms with Gasteiger partial charge in [-0.15, -0.1) is 0 Å². The summed E-state index contributed by atoms with van der Waals surface area (Å²) in [6.07, 6.45) is -2.58. The van der Waals surface area contributed by atoms with E-state index in [0.717, 1.165) is 13.2 Å². The van der Waals surface area contributed by atoms with E-state index >= 15 is 0 Å². The van der Waals surface area contributed by atoms with E-state index in [0.29, 0.717) is 33.1 Å². The quantitative estimate of drug-likeness (QED) is 0.413. The van der Waals surface area contributed by atoms with Crippen LogP contribution in [0.15, 0.2) is 36.7 Å². The SMILES string of the molecule is COc1ccc2ncc(Nc3ccc([C@H](N(C)C(=O)C4CCS(=O)(=O)CC4)C(F)(F)F)cn3)c([C@H](C)OC)c2n1. The smallest absolute Gasteiger partial charge is 0.413 e. The van der Waals surface area contributed by atoms with Crippen LogP contribution in [0.1, 0.15) is 43.0 Å². The van der Waals surface area contributed by atoms with Gasteiger partial charge in [0, 0.05) is 43.5 Å². The van der Waals surface area contributed by atoms with Gasteiger partial charge < -0.3 is 19.7 Å². The van der Waals surface area contributed by atoms with Crippen LogP contribution in [0.3, 0.4) is 0 Å². The number of alkyl halides is 3. The molecule has 0 aromatic carbocycles. The van der Waals surface area contributed by atoms with Crippen molar-refractivity contribution in [2.75, 3.05) is 38.1 Å². The van der Waals surface area contributed by atoms with E-state index in [9.17, 15) is 26.4 Å². The van der Waals surface area contributed by atoms with Gasteiger partial charge in [0.2, 0.25) is 11.8 Å². The fraction of sp³-hybridized carbons (Fsp3) is 0.462. The number of pyridine rings is 3. The molecule has 4 rings (SSSR count). The molecule has 1 aliphatic heterocycles. The van der Waals surface area contributed by atoms with Gasteiger partial charge in [0.1, 0.15) is 21.2 Å². The summed E-state index contributed by atoms with van der Waals surface area (Å²) in [6.45, 7) is 1.82. The molecule has 10 nitrogen and oxygen atoms in total. The van der Waals surface area contributed by atoms with Crippen molar-refractivity contribution in [2.24, 2.45) is 5.92 Å². The highest BCUT2D eigenvalue weighted by atomic mass is 32.2. The first kappa shape index (κ1) is 29.5. The average Bonchev–Trinajstić information content (AvgIpc) is 2.92. The fourth-order valence-electron chi connectivity index (χ4n) is 4.77. The number of hydrogen-bond donors (Lipinski definition) is 1. The van der Waals surface area contributed by atoms with Gasteiger partial charge in [0.05, 0.1) is 42.1 Å². The molecule has 3 aromatic heterocycles. The Labute approximate surface area is 229 Å². The van der Waals surface area contributed by atoms with Crippen molar-refractivity contribution in [2.45, 2.75) is 38.1 Å². The highest BCUT2D eigenvalue weighted by Gasteiger charge is 2.46. The van der Waals surface area contributed by atoms with E-state index in [-0.39, 0.29) is 35.7 Å². The van der Waals surface area contributed by atoms with Crippen LogP contribution in [0.4, 0.5) is 24.7 Å². The predicted octanol–water partition coefficient (Wildman–Crippen LogP) is 4.37. The molecule has 4 heterocycles. The van der Waals surface area contributed by atoms with Crippen LogP contribution in [0.2, 0.25) is 0 Å². The molecule has 40 heavy (non-hydrogen) atoms. The molecule has 1 amide bonds. The number of amides is 1. The third-order valence-corrected chi connectivity index (χ3v) is 8.72. The number of rotatable bonds is 8. The summed E-state index contributed by atoms with van der Waals surface area (Å²) >= 11 is 0. The van der Waals surface area contributed by atoms with Gasteiger partial charge in [-0.05, 0) is 31.9 Å². The number of ether oxygens (including phenoxy) is 2. The standard InChI is InChI=1S/C26H30F3N5O5S/c1-15(38-3)22-19(14-30-18-6-8-21(39-4)33-23(18)22)32-20-7-5-17(13-31-20)24(26(27,28)29)34(2)25(35)16-9-11-40(36,37)12-10-16/h5-8,13-16,24H,9-12H2,1-4H3,(H,31,32)/t15-,24-/m0/s1. The molecule has 0 aliphatic carbocycles. The number of halogens is 3. The molecule has 0 saturated carbocycles. The van der Waals surface area contributed by atoms with Crippen LogP contribution in [-0.4, -0.2) is 73.1 Å². The highest BCUT2D eigenvalue weighted by Crippen LogP contribution is 2.39. The van der Waals surface area contributed by atoms with Crippen LogP contribution < -0.4 is 10.1 Å². The molecule has 1 saturated heterocycles. The number of anilines is 2. The molecular weight excluding hydrogens is 551 g/mol. The summed E-state index contributed by atoms with van der Waals surface area (Å²) in [5.41, 5.74) is 2.05. The van der Waals surface area contributed by atoms with Gasteiger partial charge in [0.25, 0.3) is 0 Å². The van der Waals surface area contributed by atoms with Crippen molar-refractivity contribution < 1.29 is 35.9 Å². The zero-order valence-corrected chi connectivity index (χ0v) is 23.2. The Balaban J connectivity index is 1.61. The summed E-state index contributed by atoms with van der Waals surface area (Å²) in [7, 11) is 0.845. The van der Waals surface area contributed by atoms with E-state index in [2.05, 4.69) is 20.3 Å². The van der Waals surface area contributed by atoms with Gasteiger partial charge in [-0.25, -0.2) is 18.4 Å². The normalized spacial score (nSPS) is 17.3. The Hall–Kier alpha value is -3.52. The molecular formula is C26H30F3N5O5S. The minimum atomic E-state index is -4.78. The lowest BCUT2D eigenvalue weighted by molar-refractivity contribution is -0.190. The summed E-state index contributed by atoms with van der Waals surface area (Å²) in [5.74, 6) is -1.35. The number of nitrogens with one attached hydrogen (secondary N) is 1. The molecule has 0 unspecified atom stereocenters. The maximum absolute atomic E-state index is 14.2. The van der Waals surface area contributed by atoms with Crippen molar-refractivity contribution in [1.82, 2.24) is 19.9 Å². The zero-order chi connectivity index (χ0) is 29.2. The number of sulfone groups is 1. The number of carbonyl (C=O) groups is 1. The molecule has 1 N–H and O–H groups in total. The molecule has 1 aliphatic rings. The number of methoxy groups -OCH3 is 2. The molecule has 0 radical (unpaired) electrons. The van der Waals surface area contributed by atoms with E-state index in [1.807, 2.05) is 6.92 Å². The van der Waals surface area contributed by atoms with Crippen molar-refractivity contribution in [3.05, 3.63) is 47.8 Å². The maximum Gasteiger partial charge on any atom is 0.413 e. The third-order valence-electron chi connectivity index (χ3n) is 7.01. The predicted molar refractivity (Wildman–Crippen MR) is 142 cm³/mol. The van der Waals surface area contributed by atoms with Crippen LogP contribution in [0.5, 0.6) is 5.88 Å². The molecule has 3 aromatic rings. The van der Waals surface area contributed by atoms with Crippen molar-refractivity contribution in [1.29, 1.82) is 0 Å². The lowest BCUT2D eigenvalue weighted by Gasteiger charge is -2.33. The largest absolute Gasteiger partial charge is 0.481 e. The third kappa shape index (κ3) is 6.28. The van der Waals surface area contributed by atoms with Crippen LogP contribution in [-0.2, 0) is 19.4 Å². The number of aromatic nitrogens is 3. The fourth-order valence-corrected chi connectivity index (χ4v) is 6.26. The second-order valence-corrected chi connectivity index (χ2v) is 11.9. The van der Waals surface area contributed by atoms with Gasteiger partial charge in [-0.3, -0.25) is 9.78 Å². The van der Waals surface area contributed by atoms with Gasteiger partial charge in [0.15, 0.2) is 6.04 Å². The van der Waals surface area contributed by atoms with Crippen molar-refractivity contribution in [3.8, 4) is 5.88 Å². The topological polar surface area (TPSA) is 124 Å². The van der Waals surface area contributed by atoms with E-state index in [1.165, 1.54) is 26.4 Å². The number of fused-ring (bicyclic) bond motifs is 1. The monoisotopic (exact) mass is 581 g/mol. The van der Waals surface area contributed by atoms with Crippen LogP contribution in [0, 0.1) is 5.92 Å². The van der Waals surface area contributed by atoms with Crippen LogP contribution >= 0.6 is 0 Å². The molecule has 14 heteroatoms. The Morgan fingerprint density at radius 2 is 1.80 bits per heavy atom. The first-order valence-electron chi connectivity index (χ1n) is 12.5. The van der Waals surface area contributed by atoms with Gasteiger partial charge in [-0.2, -0.15) is 13.2 Å². The van der Waals surface area contributed by atoms with E-state index in [4.69, 9.17) is 9.47 Å². The molecule has 2 atom stereocenters. The first-order chi connectivity index (χ1) is 18.8. The van der Waals surface area contributed by atoms with E-state index in [1.54, 1.807) is 18.3 Å². The van der Waals surface area contributed by atoms with Gasteiger partial charge in [-0.1, -0.05) is 6.07 Å². The minimum absolute atomic E-state index is 0.0000527. The summed E-state index contributed by atoms with van der Waals surface area (Å²) in [5, 5.41) is 3.08. The Bertz CT molecular complexity index is 1470. The molecule has 0 spiro atoms. The second kappa shape index (κ2) is 11.5. The van der Waals surface area contributed by atoms with E-state index < -0.39 is 40.0 Å². The Morgan fingerprint density at radius 1 is 1.10 bits per heavy atom. The number of nitrogens with zero attached hydrogens (tertiary/aromatic N) is 4. The van der Waals surface area contributed by atoms with Crippen LogP contribution in [0.25, 0.3) is 11.0 Å². The Morgan fingerprint density at radius 3 is 2.38 bits per heavy atom. The minimum Gasteiger partial charge on any atom is -0.481 e. The highest BCUT2D eigenvalue weighted by molar-refractivity contribution is 7.91. The zero-order valence-electron chi connectivity index (χ0n) is 22.4. The van der Waals surface area contributed by atoms with Crippen molar-refractivity contribution in [3.63, 3.8) is 0 Å². The lowest BCUT2D eigenvalue weighted by atomic mass is 9.99. The molecule has 0 bridgehead atoms. The maximum atomic E-state index is 14.2. The second-order valence-electron chi connectivity index (χ2n) is 9.61. The van der Waals surface area contributed by atoms with Gasteiger partial charge >= 0.3 is 6.18 Å². The summed E-state index contributed by atoms with van der Waals surface area (Å²) < 4.78 is 76.7. The molecule has 1 fully saturated rings. The van der Waals surface area contributed by atoms with Crippen molar-refractivity contribution >= 4 is 38.3 Å². The lowest BCUT2D eigenvalue weighted by Crippen LogP contribution is -2.44. The first-order valence-corrected chi connectivity index (χ1v) is 14.3. The Kier molecular flexibility index (Phi) is 8.49. The molecule has 216 valence electrons. The summed E-state index contributed by atoms with van der Waals surface area (Å²) in [6, 6.07) is 3.81.